The smallest absolute Gasteiger partial charge is 0.245 e. The van der Waals surface area contributed by atoms with E-state index in [1.807, 2.05) is 32.9 Å². The monoisotopic (exact) mass is 340 g/mol. The minimum absolute atomic E-state index is 0.118. The largest absolute Gasteiger partial charge is 0.436 e. The lowest BCUT2D eigenvalue weighted by molar-refractivity contribution is 0.458. The number of nitrogens with one attached hydrogen (secondary N) is 1. The summed E-state index contributed by atoms with van der Waals surface area (Å²) in [5.41, 5.74) is 3.23. The SMILES string of the molecule is Cc1cc(C)c(Oc2nc(Cl)ccc2NS(C)(=O)=O)c(C)c1. The normalized spacial score (nSPS) is 11.3. The number of sulfonamides is 1. The molecule has 1 N–H and O–H groups in total. The number of aryl methyl sites for hydroxylation is 3. The van der Waals surface area contributed by atoms with E-state index in [9.17, 15) is 8.42 Å². The molecule has 1 heterocycles. The van der Waals surface area contributed by atoms with E-state index in [1.54, 1.807) is 0 Å². The lowest BCUT2D eigenvalue weighted by Gasteiger charge is -2.15. The minimum Gasteiger partial charge on any atom is -0.436 e. The van der Waals surface area contributed by atoms with Crippen LogP contribution in [0.25, 0.3) is 0 Å². The van der Waals surface area contributed by atoms with Gasteiger partial charge in [-0.3, -0.25) is 4.72 Å². The van der Waals surface area contributed by atoms with Crippen LogP contribution in [0.4, 0.5) is 5.69 Å². The number of aromatic nitrogens is 1. The number of benzene rings is 1. The van der Waals surface area contributed by atoms with Crippen LogP contribution in [0.15, 0.2) is 24.3 Å². The molecule has 1 aromatic carbocycles. The molecule has 0 aliphatic carbocycles. The molecule has 7 heteroatoms. The molecule has 0 bridgehead atoms. The maximum absolute atomic E-state index is 11.4. The van der Waals surface area contributed by atoms with Crippen molar-refractivity contribution in [2.45, 2.75) is 20.8 Å². The molecule has 0 atom stereocenters. The summed E-state index contributed by atoms with van der Waals surface area (Å²) in [7, 11) is -3.44. The quantitative estimate of drug-likeness (QED) is 0.859. The predicted molar refractivity (Wildman–Crippen MR) is 88.4 cm³/mol. The molecule has 1 aromatic heterocycles. The topological polar surface area (TPSA) is 68.3 Å². The average Bonchev–Trinajstić information content (AvgIpc) is 2.35. The third-order valence-electron chi connectivity index (χ3n) is 2.93. The van der Waals surface area contributed by atoms with Crippen molar-refractivity contribution in [2.75, 3.05) is 11.0 Å². The van der Waals surface area contributed by atoms with Crippen molar-refractivity contribution in [2.24, 2.45) is 0 Å². The highest BCUT2D eigenvalue weighted by atomic mass is 35.5. The molecular weight excluding hydrogens is 324 g/mol. The Hall–Kier alpha value is -1.79. The second kappa shape index (κ2) is 6.14. The Morgan fingerprint density at radius 3 is 2.27 bits per heavy atom. The second-order valence-corrected chi connectivity index (χ2v) is 7.33. The van der Waals surface area contributed by atoms with Gasteiger partial charge in [-0.25, -0.2) is 8.42 Å². The molecule has 2 rings (SSSR count). The fourth-order valence-electron chi connectivity index (χ4n) is 2.20. The van der Waals surface area contributed by atoms with Gasteiger partial charge >= 0.3 is 0 Å². The number of pyridine rings is 1. The standard InChI is InChI=1S/C15H17ClN2O3S/c1-9-7-10(2)14(11(3)8-9)21-15-12(18-22(4,19)20)5-6-13(16)17-15/h5-8,18H,1-4H3. The molecule has 0 spiro atoms. The molecule has 0 radical (unpaired) electrons. The van der Waals surface area contributed by atoms with Crippen molar-refractivity contribution in [3.05, 3.63) is 46.1 Å². The summed E-state index contributed by atoms with van der Waals surface area (Å²) in [5.74, 6) is 0.755. The van der Waals surface area contributed by atoms with Crippen LogP contribution < -0.4 is 9.46 Å². The molecule has 22 heavy (non-hydrogen) atoms. The third kappa shape index (κ3) is 4.11. The van der Waals surface area contributed by atoms with Crippen molar-refractivity contribution in [3.63, 3.8) is 0 Å². The highest BCUT2D eigenvalue weighted by Gasteiger charge is 2.14. The Bertz CT molecular complexity index is 797. The summed E-state index contributed by atoms with van der Waals surface area (Å²) in [6.45, 7) is 5.84. The average molecular weight is 341 g/mol. The molecule has 0 saturated carbocycles. The first-order valence-corrected chi connectivity index (χ1v) is 8.82. The van der Waals surface area contributed by atoms with Crippen LogP contribution in [0.2, 0.25) is 5.15 Å². The summed E-state index contributed by atoms with van der Waals surface area (Å²) < 4.78 is 31.1. The van der Waals surface area contributed by atoms with Gasteiger partial charge in [-0.2, -0.15) is 4.98 Å². The molecule has 0 saturated heterocycles. The van der Waals surface area contributed by atoms with Gasteiger partial charge in [0.15, 0.2) is 0 Å². The predicted octanol–water partition coefficient (Wildman–Crippen LogP) is 3.82. The number of ether oxygens (including phenoxy) is 1. The van der Waals surface area contributed by atoms with Crippen molar-refractivity contribution in [1.29, 1.82) is 0 Å². The van der Waals surface area contributed by atoms with Gasteiger partial charge in [-0.15, -0.1) is 0 Å². The summed E-state index contributed by atoms with van der Waals surface area (Å²) in [5, 5.41) is 0.219. The molecule has 0 aliphatic rings. The van der Waals surface area contributed by atoms with Gasteiger partial charge in [0.1, 0.15) is 16.6 Å². The van der Waals surface area contributed by atoms with E-state index >= 15 is 0 Å². The van der Waals surface area contributed by atoms with E-state index in [0.29, 0.717) is 5.75 Å². The first kappa shape index (κ1) is 16.6. The van der Waals surface area contributed by atoms with Crippen LogP contribution in [0.1, 0.15) is 16.7 Å². The molecule has 2 aromatic rings. The number of rotatable bonds is 4. The number of anilines is 1. The van der Waals surface area contributed by atoms with Crippen molar-refractivity contribution in [1.82, 2.24) is 4.98 Å². The zero-order valence-corrected chi connectivity index (χ0v) is 14.3. The van der Waals surface area contributed by atoms with E-state index in [2.05, 4.69) is 9.71 Å². The summed E-state index contributed by atoms with van der Waals surface area (Å²) in [6, 6.07) is 6.98. The van der Waals surface area contributed by atoms with Crippen LogP contribution in [0, 0.1) is 20.8 Å². The number of halogens is 1. The van der Waals surface area contributed by atoms with E-state index in [-0.39, 0.29) is 16.7 Å². The van der Waals surface area contributed by atoms with E-state index in [1.165, 1.54) is 12.1 Å². The fourth-order valence-corrected chi connectivity index (χ4v) is 2.89. The Morgan fingerprint density at radius 1 is 1.14 bits per heavy atom. The van der Waals surface area contributed by atoms with E-state index in [4.69, 9.17) is 16.3 Å². The third-order valence-corrected chi connectivity index (χ3v) is 3.73. The molecule has 0 fully saturated rings. The zero-order chi connectivity index (χ0) is 16.5. The van der Waals surface area contributed by atoms with Crippen molar-refractivity contribution < 1.29 is 13.2 Å². The van der Waals surface area contributed by atoms with Crippen molar-refractivity contribution in [3.8, 4) is 11.6 Å². The molecule has 0 amide bonds. The van der Waals surface area contributed by atoms with Gasteiger partial charge in [0.2, 0.25) is 15.9 Å². The Labute approximate surface area is 135 Å². The minimum atomic E-state index is -3.44. The molecule has 118 valence electrons. The highest BCUT2D eigenvalue weighted by molar-refractivity contribution is 7.92. The molecule has 0 unspecified atom stereocenters. The van der Waals surface area contributed by atoms with Crippen LogP contribution in [-0.2, 0) is 10.0 Å². The van der Waals surface area contributed by atoms with Gasteiger partial charge in [0.25, 0.3) is 0 Å². The first-order chi connectivity index (χ1) is 10.2. The zero-order valence-electron chi connectivity index (χ0n) is 12.8. The van der Waals surface area contributed by atoms with Crippen molar-refractivity contribution >= 4 is 27.3 Å². The van der Waals surface area contributed by atoms with Crippen LogP contribution in [0.3, 0.4) is 0 Å². The fraction of sp³-hybridized carbons (Fsp3) is 0.267. The lowest BCUT2D eigenvalue weighted by atomic mass is 10.1. The van der Waals surface area contributed by atoms with Gasteiger partial charge in [-0.05, 0) is 44.0 Å². The number of nitrogens with zero attached hydrogens (tertiary/aromatic N) is 1. The molecular formula is C15H17ClN2O3S. The van der Waals surface area contributed by atoms with E-state index < -0.39 is 10.0 Å². The van der Waals surface area contributed by atoms with Crippen LogP contribution in [0.5, 0.6) is 11.6 Å². The molecule has 5 nitrogen and oxygen atoms in total. The Kier molecular flexibility index (Phi) is 4.63. The summed E-state index contributed by atoms with van der Waals surface area (Å²) >= 11 is 5.89. The van der Waals surface area contributed by atoms with Crippen LogP contribution >= 0.6 is 11.6 Å². The van der Waals surface area contributed by atoms with Gasteiger partial charge in [-0.1, -0.05) is 29.3 Å². The second-order valence-electron chi connectivity index (χ2n) is 5.19. The lowest BCUT2D eigenvalue weighted by Crippen LogP contribution is -2.11. The van der Waals surface area contributed by atoms with Gasteiger partial charge in [0, 0.05) is 0 Å². The Balaban J connectivity index is 2.47. The van der Waals surface area contributed by atoms with Gasteiger partial charge in [0.05, 0.1) is 6.26 Å². The summed E-state index contributed by atoms with van der Waals surface area (Å²) in [6.07, 6.45) is 1.06. The number of hydrogen-bond donors (Lipinski definition) is 1. The first-order valence-electron chi connectivity index (χ1n) is 6.56. The van der Waals surface area contributed by atoms with Gasteiger partial charge < -0.3 is 4.74 Å². The highest BCUT2D eigenvalue weighted by Crippen LogP contribution is 2.33. The Morgan fingerprint density at radius 2 is 1.73 bits per heavy atom. The van der Waals surface area contributed by atoms with Crippen LogP contribution in [-0.4, -0.2) is 19.7 Å². The number of hydrogen-bond acceptors (Lipinski definition) is 4. The maximum Gasteiger partial charge on any atom is 0.245 e. The maximum atomic E-state index is 11.4. The van der Waals surface area contributed by atoms with E-state index in [0.717, 1.165) is 22.9 Å². The molecule has 0 aliphatic heterocycles. The summed E-state index contributed by atoms with van der Waals surface area (Å²) in [4.78, 5) is 4.07.